The van der Waals surface area contributed by atoms with Crippen molar-refractivity contribution >= 4 is 23.7 Å². The normalized spacial score (nSPS) is 12.5. The Kier molecular flexibility index (Phi) is 8.70. The summed E-state index contributed by atoms with van der Waals surface area (Å²) in [6, 6.07) is 18.5. The van der Waals surface area contributed by atoms with E-state index in [1.165, 1.54) is 12.2 Å². The lowest BCUT2D eigenvalue weighted by Crippen LogP contribution is -2.33. The van der Waals surface area contributed by atoms with Crippen molar-refractivity contribution in [2.24, 2.45) is 11.8 Å². The number of carbonyl (C=O) groups is 2. The summed E-state index contributed by atoms with van der Waals surface area (Å²) in [7, 11) is 0. The minimum atomic E-state index is -1.07. The maximum absolute atomic E-state index is 12.9. The van der Waals surface area contributed by atoms with E-state index < -0.39 is 34.9 Å². The Labute approximate surface area is 170 Å². The van der Waals surface area contributed by atoms with Gasteiger partial charge < -0.3 is 0 Å². The van der Waals surface area contributed by atoms with Crippen LogP contribution < -0.4 is 0 Å². The summed E-state index contributed by atoms with van der Waals surface area (Å²) >= 11 is 0. The number of allylic oxidation sites excluding steroid dienone is 2. The Morgan fingerprint density at radius 1 is 0.897 bits per heavy atom. The highest BCUT2D eigenvalue weighted by Gasteiger charge is 2.34. The molecule has 5 nitrogen and oxygen atoms in total. The van der Waals surface area contributed by atoms with Gasteiger partial charge in [0.05, 0.1) is 5.92 Å². The molecule has 0 aliphatic heterocycles. The van der Waals surface area contributed by atoms with Crippen molar-refractivity contribution in [3.05, 3.63) is 94.1 Å². The maximum atomic E-state index is 12.9. The highest BCUT2D eigenvalue weighted by molar-refractivity contribution is 6.13. The molecular weight excluding hydrogens is 366 g/mol. The van der Waals surface area contributed by atoms with Gasteiger partial charge in [-0.1, -0.05) is 86.2 Å². The van der Waals surface area contributed by atoms with Crippen molar-refractivity contribution in [3.8, 4) is 0 Å². The molecule has 0 saturated heterocycles. The lowest BCUT2D eigenvalue weighted by Gasteiger charge is -2.19. The SMILES string of the molecule is CCC[C@H](C[N+](=O)[O-])C(C(=O)/C=C/c1ccccc1)C(=O)/C=C/c1ccccc1. The fourth-order valence-corrected chi connectivity index (χ4v) is 3.22. The lowest BCUT2D eigenvalue weighted by atomic mass is 9.81. The fourth-order valence-electron chi connectivity index (χ4n) is 3.22. The number of ketones is 2. The second-order valence-corrected chi connectivity index (χ2v) is 6.83. The molecule has 0 aromatic heterocycles. The van der Waals surface area contributed by atoms with Crippen LogP contribution in [0.5, 0.6) is 0 Å². The number of benzene rings is 2. The molecule has 2 aromatic carbocycles. The van der Waals surface area contributed by atoms with Gasteiger partial charge in [0.15, 0.2) is 11.6 Å². The molecular formula is C24H25NO4. The summed E-state index contributed by atoms with van der Waals surface area (Å²) in [5.41, 5.74) is 1.65. The molecule has 29 heavy (non-hydrogen) atoms. The van der Waals surface area contributed by atoms with E-state index in [4.69, 9.17) is 0 Å². The van der Waals surface area contributed by atoms with Crippen molar-refractivity contribution in [1.29, 1.82) is 0 Å². The van der Waals surface area contributed by atoms with Gasteiger partial charge in [0.2, 0.25) is 6.54 Å². The molecule has 150 valence electrons. The van der Waals surface area contributed by atoms with Crippen LogP contribution in [0.15, 0.2) is 72.8 Å². The van der Waals surface area contributed by atoms with Crippen molar-refractivity contribution in [3.63, 3.8) is 0 Å². The second-order valence-electron chi connectivity index (χ2n) is 6.83. The number of nitrogens with zero attached hydrogens (tertiary/aromatic N) is 1. The molecule has 5 heteroatoms. The third kappa shape index (κ3) is 7.30. The van der Waals surface area contributed by atoms with E-state index in [2.05, 4.69) is 0 Å². The molecule has 0 N–H and O–H groups in total. The predicted molar refractivity (Wildman–Crippen MR) is 115 cm³/mol. The molecule has 0 aliphatic carbocycles. The molecule has 0 saturated carbocycles. The van der Waals surface area contributed by atoms with Crippen LogP contribution in [0, 0.1) is 22.0 Å². The lowest BCUT2D eigenvalue weighted by molar-refractivity contribution is -0.489. The van der Waals surface area contributed by atoms with Gasteiger partial charge in [0.1, 0.15) is 0 Å². The Hall–Kier alpha value is -3.34. The smallest absolute Gasteiger partial charge is 0.207 e. The summed E-state index contributed by atoms with van der Waals surface area (Å²) in [4.78, 5) is 36.5. The molecule has 0 fully saturated rings. The van der Waals surface area contributed by atoms with Gasteiger partial charge in [0.25, 0.3) is 0 Å². The number of hydrogen-bond acceptors (Lipinski definition) is 4. The average Bonchev–Trinajstić information content (AvgIpc) is 2.72. The second kappa shape index (κ2) is 11.5. The first-order valence-corrected chi connectivity index (χ1v) is 9.67. The summed E-state index contributed by atoms with van der Waals surface area (Å²) in [6.45, 7) is 1.48. The first-order valence-electron chi connectivity index (χ1n) is 9.67. The molecule has 0 spiro atoms. The number of nitro groups is 1. The van der Waals surface area contributed by atoms with Gasteiger partial charge in [0, 0.05) is 10.8 Å². The van der Waals surface area contributed by atoms with Gasteiger partial charge in [-0.3, -0.25) is 19.7 Å². The van der Waals surface area contributed by atoms with E-state index in [9.17, 15) is 19.7 Å². The monoisotopic (exact) mass is 391 g/mol. The average molecular weight is 391 g/mol. The minimum absolute atomic E-state index is 0.406. The predicted octanol–water partition coefficient (Wildman–Crippen LogP) is 4.86. The maximum Gasteiger partial charge on any atom is 0.207 e. The third-order valence-electron chi connectivity index (χ3n) is 4.61. The van der Waals surface area contributed by atoms with Gasteiger partial charge in [-0.25, -0.2) is 0 Å². The molecule has 2 aromatic rings. The molecule has 0 unspecified atom stereocenters. The first-order chi connectivity index (χ1) is 14.0. The van der Waals surface area contributed by atoms with Crippen LogP contribution in [0.3, 0.4) is 0 Å². The van der Waals surface area contributed by atoms with Crippen LogP contribution in [0.25, 0.3) is 12.2 Å². The van der Waals surface area contributed by atoms with Crippen molar-refractivity contribution in [2.45, 2.75) is 19.8 Å². The van der Waals surface area contributed by atoms with Crippen LogP contribution in [0.2, 0.25) is 0 Å². The Morgan fingerprint density at radius 2 is 1.34 bits per heavy atom. The van der Waals surface area contributed by atoms with E-state index in [1.807, 2.05) is 67.6 Å². The van der Waals surface area contributed by atoms with Gasteiger partial charge >= 0.3 is 0 Å². The van der Waals surface area contributed by atoms with E-state index in [-0.39, 0.29) is 0 Å². The minimum Gasteiger partial charge on any atom is -0.294 e. The zero-order valence-corrected chi connectivity index (χ0v) is 16.4. The summed E-state index contributed by atoms with van der Waals surface area (Å²) < 4.78 is 0. The van der Waals surface area contributed by atoms with E-state index >= 15 is 0 Å². The Morgan fingerprint density at radius 3 is 1.72 bits per heavy atom. The van der Waals surface area contributed by atoms with Crippen LogP contribution in [0.4, 0.5) is 0 Å². The van der Waals surface area contributed by atoms with Gasteiger partial charge in [-0.2, -0.15) is 0 Å². The van der Waals surface area contributed by atoms with E-state index in [0.29, 0.717) is 12.8 Å². The number of hydrogen-bond donors (Lipinski definition) is 0. The van der Waals surface area contributed by atoms with Gasteiger partial charge in [-0.15, -0.1) is 0 Å². The van der Waals surface area contributed by atoms with Crippen LogP contribution in [0.1, 0.15) is 30.9 Å². The van der Waals surface area contributed by atoms with Crippen LogP contribution in [-0.4, -0.2) is 23.0 Å². The molecule has 1 atom stereocenters. The zero-order valence-electron chi connectivity index (χ0n) is 16.4. The van der Waals surface area contributed by atoms with Crippen molar-refractivity contribution < 1.29 is 14.5 Å². The molecule has 0 radical (unpaired) electrons. The van der Waals surface area contributed by atoms with Crippen molar-refractivity contribution in [1.82, 2.24) is 0 Å². The summed E-state index contributed by atoms with van der Waals surface area (Å²) in [5, 5.41) is 11.1. The number of carbonyl (C=O) groups excluding carboxylic acids is 2. The number of rotatable bonds is 11. The molecule has 0 bridgehead atoms. The van der Waals surface area contributed by atoms with E-state index in [0.717, 1.165) is 11.1 Å². The third-order valence-corrected chi connectivity index (χ3v) is 4.61. The largest absolute Gasteiger partial charge is 0.294 e. The van der Waals surface area contributed by atoms with Crippen LogP contribution >= 0.6 is 0 Å². The Bertz CT molecular complexity index is 811. The van der Waals surface area contributed by atoms with Crippen molar-refractivity contribution in [2.75, 3.05) is 6.54 Å². The highest BCUT2D eigenvalue weighted by Crippen LogP contribution is 2.23. The molecule has 2 rings (SSSR count). The molecule has 0 aliphatic rings. The quantitative estimate of drug-likeness (QED) is 0.237. The zero-order chi connectivity index (χ0) is 21.1. The summed E-state index contributed by atoms with van der Waals surface area (Å²) in [5.74, 6) is -2.52. The first kappa shape index (κ1) is 22.0. The highest BCUT2D eigenvalue weighted by atomic mass is 16.6. The molecule has 0 amide bonds. The standard InChI is InChI=1S/C24H25NO4/c1-2-9-21(18-25(28)29)24(22(26)16-14-19-10-5-3-6-11-19)23(27)17-15-20-12-7-4-8-13-20/h3-8,10-17,21,24H,2,9,18H2,1H3/b16-14+,17-15+/t21-/m1/s1. The van der Waals surface area contributed by atoms with Crippen LogP contribution in [-0.2, 0) is 9.59 Å². The summed E-state index contributed by atoms with van der Waals surface area (Å²) in [6.07, 6.45) is 7.08. The molecule has 0 heterocycles. The van der Waals surface area contributed by atoms with Gasteiger partial charge in [-0.05, 0) is 29.7 Å². The Balaban J connectivity index is 2.28. The fraction of sp³-hybridized carbons (Fsp3) is 0.250. The topological polar surface area (TPSA) is 77.3 Å². The van der Waals surface area contributed by atoms with E-state index in [1.54, 1.807) is 12.2 Å².